The fourth-order valence-electron chi connectivity index (χ4n) is 4.08. The van der Waals surface area contributed by atoms with Crippen molar-refractivity contribution in [3.05, 3.63) is 107 Å². The summed E-state index contributed by atoms with van der Waals surface area (Å²) < 4.78 is 44.5. The number of ketones is 1. The predicted octanol–water partition coefficient (Wildman–Crippen LogP) is 4.41. The average Bonchev–Trinajstić information content (AvgIpc) is 2.96. The summed E-state index contributed by atoms with van der Waals surface area (Å²) in [6.07, 6.45) is 1.40. The first kappa shape index (κ1) is 26.7. The molecule has 196 valence electrons. The number of rotatable bonds is 8. The lowest BCUT2D eigenvalue weighted by atomic mass is 9.95. The third kappa shape index (κ3) is 5.19. The van der Waals surface area contributed by atoms with Gasteiger partial charge < -0.3 is 14.2 Å². The fourth-order valence-corrected chi connectivity index (χ4v) is 5.57. The number of carbonyl (C=O) groups is 2. The predicted molar refractivity (Wildman–Crippen MR) is 142 cm³/mol. The van der Waals surface area contributed by atoms with E-state index in [9.17, 15) is 18.0 Å². The molecule has 0 aliphatic carbocycles. The highest BCUT2D eigenvalue weighted by molar-refractivity contribution is 7.89. The number of hydrogen-bond acceptors (Lipinski definition) is 7. The molecule has 0 fully saturated rings. The van der Waals surface area contributed by atoms with Gasteiger partial charge in [-0.05, 0) is 79.2 Å². The highest BCUT2D eigenvalue weighted by atomic mass is 32.2. The molecule has 0 amide bonds. The Kier molecular flexibility index (Phi) is 7.68. The van der Waals surface area contributed by atoms with Crippen molar-refractivity contribution in [1.82, 2.24) is 4.31 Å². The van der Waals surface area contributed by atoms with E-state index in [0.717, 1.165) is 9.87 Å². The van der Waals surface area contributed by atoms with Crippen LogP contribution in [0.1, 0.15) is 21.5 Å². The monoisotopic (exact) mass is 533 g/mol. The van der Waals surface area contributed by atoms with Crippen molar-refractivity contribution in [1.29, 1.82) is 0 Å². The van der Waals surface area contributed by atoms with Crippen LogP contribution in [-0.4, -0.2) is 52.3 Å². The zero-order valence-corrected chi connectivity index (χ0v) is 22.2. The normalized spacial score (nSPS) is 13.6. The van der Waals surface area contributed by atoms with E-state index in [1.165, 1.54) is 39.5 Å². The zero-order chi connectivity index (χ0) is 27.4. The van der Waals surface area contributed by atoms with Gasteiger partial charge in [-0.3, -0.25) is 9.10 Å². The molecule has 3 aromatic rings. The molecule has 1 aliphatic rings. The fraction of sp³-hybridized carbons (Fsp3) is 0.172. The van der Waals surface area contributed by atoms with Crippen LogP contribution in [0, 0.1) is 6.92 Å². The van der Waals surface area contributed by atoms with Gasteiger partial charge in [0.15, 0.2) is 5.78 Å². The smallest absolute Gasteiger partial charge is 0.340 e. The van der Waals surface area contributed by atoms with E-state index in [4.69, 9.17) is 14.2 Å². The summed E-state index contributed by atoms with van der Waals surface area (Å²) in [5.41, 5.74) is 1.81. The summed E-state index contributed by atoms with van der Waals surface area (Å²) in [6.45, 7) is 1.56. The summed E-state index contributed by atoms with van der Waals surface area (Å²) in [5.74, 6) is -0.0741. The van der Waals surface area contributed by atoms with Gasteiger partial charge in [0.25, 0.3) is 10.0 Å². The second-order valence-corrected chi connectivity index (χ2v) is 10.4. The molecular weight excluding hydrogens is 506 g/mol. The number of carbonyl (C=O) groups excluding carboxylic acids is 2. The molecule has 1 heterocycles. The maximum Gasteiger partial charge on any atom is 0.340 e. The van der Waals surface area contributed by atoms with Gasteiger partial charge in [0, 0.05) is 11.1 Å². The molecule has 0 unspecified atom stereocenters. The number of Topliss-reactive ketones (excluding diaryl/α,β-unsaturated/α-hetero) is 1. The topological polar surface area (TPSA) is 99.2 Å². The van der Waals surface area contributed by atoms with Crippen molar-refractivity contribution in [2.45, 2.75) is 11.8 Å². The molecule has 9 heteroatoms. The average molecular weight is 534 g/mol. The second kappa shape index (κ2) is 10.9. The lowest BCUT2D eigenvalue weighted by Gasteiger charge is -2.32. The van der Waals surface area contributed by atoms with Crippen molar-refractivity contribution in [2.75, 3.05) is 27.9 Å². The first-order chi connectivity index (χ1) is 18.2. The maximum atomic E-state index is 14.0. The lowest BCUT2D eigenvalue weighted by molar-refractivity contribution is -0.135. The van der Waals surface area contributed by atoms with Crippen LogP contribution >= 0.6 is 0 Å². The minimum Gasteiger partial charge on any atom is -0.497 e. The van der Waals surface area contributed by atoms with Crippen LogP contribution in [0.3, 0.4) is 0 Å². The third-order valence-corrected chi connectivity index (χ3v) is 7.92. The molecule has 4 rings (SSSR count). The highest BCUT2D eigenvalue weighted by Crippen LogP contribution is 2.36. The van der Waals surface area contributed by atoms with Gasteiger partial charge in [-0.15, -0.1) is 0 Å². The van der Waals surface area contributed by atoms with Gasteiger partial charge in [0.2, 0.25) is 0 Å². The van der Waals surface area contributed by atoms with Gasteiger partial charge >= 0.3 is 5.97 Å². The number of benzene rings is 3. The zero-order valence-electron chi connectivity index (χ0n) is 21.4. The highest BCUT2D eigenvalue weighted by Gasteiger charge is 2.36. The van der Waals surface area contributed by atoms with Gasteiger partial charge in [0.1, 0.15) is 11.5 Å². The molecule has 1 aliphatic heterocycles. The van der Waals surface area contributed by atoms with Crippen LogP contribution in [0.4, 0.5) is 0 Å². The van der Waals surface area contributed by atoms with E-state index < -0.39 is 21.8 Å². The van der Waals surface area contributed by atoms with Gasteiger partial charge in [-0.2, -0.15) is 0 Å². The van der Waals surface area contributed by atoms with Crippen molar-refractivity contribution in [3.63, 3.8) is 0 Å². The first-order valence-electron chi connectivity index (χ1n) is 11.7. The van der Waals surface area contributed by atoms with Crippen molar-refractivity contribution in [2.24, 2.45) is 0 Å². The van der Waals surface area contributed by atoms with E-state index in [2.05, 4.69) is 0 Å². The molecule has 0 saturated carbocycles. The molecule has 38 heavy (non-hydrogen) atoms. The summed E-state index contributed by atoms with van der Waals surface area (Å²) in [5, 5.41) is 0. The van der Waals surface area contributed by atoms with E-state index in [1.807, 2.05) is 6.92 Å². The van der Waals surface area contributed by atoms with Gasteiger partial charge in [0.05, 0.1) is 44.0 Å². The van der Waals surface area contributed by atoms with E-state index in [0.29, 0.717) is 22.6 Å². The first-order valence-corrected chi connectivity index (χ1v) is 13.1. The summed E-state index contributed by atoms with van der Waals surface area (Å²) in [4.78, 5) is 26.6. The SMILES string of the molecule is COC(=O)C1=C(c2ccc(OC)cc2)N(S(=O)(=O)c2ccc(C)cc2)CC(C(=O)c2ccc(OC)cc2)=C1. The Morgan fingerprint density at radius 2 is 1.34 bits per heavy atom. The number of nitrogens with zero attached hydrogens (tertiary/aromatic N) is 1. The Bertz CT molecular complexity index is 1520. The summed E-state index contributed by atoms with van der Waals surface area (Å²) in [6, 6.07) is 19.4. The lowest BCUT2D eigenvalue weighted by Crippen LogP contribution is -2.37. The Morgan fingerprint density at radius 1 is 0.789 bits per heavy atom. The number of sulfonamides is 1. The van der Waals surface area contributed by atoms with Crippen molar-refractivity contribution in [3.8, 4) is 11.5 Å². The van der Waals surface area contributed by atoms with Crippen LogP contribution in [0.2, 0.25) is 0 Å². The van der Waals surface area contributed by atoms with Crippen LogP contribution in [-0.2, 0) is 19.6 Å². The molecule has 0 radical (unpaired) electrons. The molecule has 8 nitrogen and oxygen atoms in total. The molecular formula is C29H27NO7S. The summed E-state index contributed by atoms with van der Waals surface area (Å²) in [7, 11) is 0.0321. The number of aryl methyl sites for hydroxylation is 1. The van der Waals surface area contributed by atoms with Gasteiger partial charge in [-0.25, -0.2) is 13.2 Å². The number of methoxy groups -OCH3 is 3. The largest absolute Gasteiger partial charge is 0.497 e. The Labute approximate surface area is 221 Å². The number of hydrogen-bond donors (Lipinski definition) is 0. The van der Waals surface area contributed by atoms with E-state index in [-0.39, 0.29) is 28.3 Å². The molecule has 3 aromatic carbocycles. The standard InChI is InChI=1S/C29H27NO7S/c1-19-5-15-25(16-6-19)38(33,34)30-18-22(28(31)21-9-13-24(36-3)14-10-21)17-26(29(32)37-4)27(30)20-7-11-23(35-2)12-8-20/h5-17H,18H2,1-4H3. The van der Waals surface area contributed by atoms with Crippen molar-refractivity contribution >= 4 is 27.5 Å². The third-order valence-electron chi connectivity index (χ3n) is 6.16. The van der Waals surface area contributed by atoms with Crippen LogP contribution in [0.5, 0.6) is 11.5 Å². The molecule has 0 aromatic heterocycles. The van der Waals surface area contributed by atoms with Crippen LogP contribution in [0.25, 0.3) is 5.70 Å². The Balaban J connectivity index is 1.93. The van der Waals surface area contributed by atoms with Gasteiger partial charge in [-0.1, -0.05) is 17.7 Å². The minimum atomic E-state index is -4.20. The maximum absolute atomic E-state index is 14.0. The van der Waals surface area contributed by atoms with Crippen LogP contribution < -0.4 is 9.47 Å². The van der Waals surface area contributed by atoms with Crippen LogP contribution in [0.15, 0.2) is 94.9 Å². The van der Waals surface area contributed by atoms with E-state index in [1.54, 1.807) is 60.7 Å². The Morgan fingerprint density at radius 3 is 1.87 bits per heavy atom. The minimum absolute atomic E-state index is 0.0245. The molecule has 0 N–H and O–H groups in total. The van der Waals surface area contributed by atoms with E-state index >= 15 is 0 Å². The number of ether oxygens (including phenoxy) is 3. The Hall–Kier alpha value is -4.37. The molecule has 0 saturated heterocycles. The quantitative estimate of drug-likeness (QED) is 0.312. The number of esters is 1. The second-order valence-electron chi connectivity index (χ2n) is 8.53. The van der Waals surface area contributed by atoms with Crippen molar-refractivity contribution < 1.29 is 32.2 Å². The molecule has 0 spiro atoms. The molecule has 0 bridgehead atoms. The molecule has 0 atom stereocenters. The summed E-state index contributed by atoms with van der Waals surface area (Å²) >= 11 is 0.